The maximum Gasteiger partial charge on any atom is 0.333 e. The van der Waals surface area contributed by atoms with Gasteiger partial charge in [-0.2, -0.15) is 4.39 Å². The molecule has 1 aliphatic heterocycles. The van der Waals surface area contributed by atoms with Crippen molar-refractivity contribution < 1.29 is 9.13 Å². The molecule has 1 aliphatic rings. The highest BCUT2D eigenvalue weighted by atomic mass is 35.5. The number of benzene rings is 1. The minimum atomic E-state index is -1.02. The predicted molar refractivity (Wildman–Crippen MR) is 84.7 cm³/mol. The molecule has 1 atom stereocenters. The van der Waals surface area contributed by atoms with Gasteiger partial charge in [0.2, 0.25) is 5.82 Å². The molecule has 2 aromatic rings. The lowest BCUT2D eigenvalue weighted by atomic mass is 10.2. The van der Waals surface area contributed by atoms with Crippen molar-refractivity contribution in [2.24, 2.45) is 0 Å². The number of ether oxygens (including phenoxy) is 1. The first-order valence-corrected chi connectivity index (χ1v) is 7.80. The van der Waals surface area contributed by atoms with Crippen LogP contribution in [0.1, 0.15) is 24.6 Å². The highest BCUT2D eigenvalue weighted by Crippen LogP contribution is 2.25. The second-order valence-electron chi connectivity index (χ2n) is 5.23. The molecule has 0 aliphatic carbocycles. The Morgan fingerprint density at radius 3 is 2.57 bits per heavy atom. The van der Waals surface area contributed by atoms with E-state index in [-0.39, 0.29) is 6.54 Å². The van der Waals surface area contributed by atoms with Gasteiger partial charge < -0.3 is 4.74 Å². The van der Waals surface area contributed by atoms with E-state index in [1.54, 1.807) is 18.2 Å². The van der Waals surface area contributed by atoms with Crippen LogP contribution in [-0.4, -0.2) is 15.7 Å². The highest BCUT2D eigenvalue weighted by Gasteiger charge is 2.22. The summed E-state index contributed by atoms with van der Waals surface area (Å²) in [5.41, 5.74) is -1.28. The number of hydrogen-bond acceptors (Lipinski definition) is 3. The fourth-order valence-corrected chi connectivity index (χ4v) is 3.07. The second-order valence-corrected chi connectivity index (χ2v) is 6.04. The molecule has 23 heavy (non-hydrogen) atoms. The van der Waals surface area contributed by atoms with E-state index in [4.69, 9.17) is 27.9 Å². The second kappa shape index (κ2) is 6.47. The summed E-state index contributed by atoms with van der Waals surface area (Å²) in [6.07, 6.45) is 1.69. The summed E-state index contributed by atoms with van der Waals surface area (Å²) in [4.78, 5) is 24.6. The maximum absolute atomic E-state index is 14.0. The van der Waals surface area contributed by atoms with Crippen LogP contribution in [0.4, 0.5) is 4.39 Å². The molecule has 1 fully saturated rings. The fourth-order valence-electron chi connectivity index (χ4n) is 2.56. The first kappa shape index (κ1) is 16.2. The van der Waals surface area contributed by atoms with E-state index in [1.165, 1.54) is 0 Å². The van der Waals surface area contributed by atoms with Crippen molar-refractivity contribution in [3.05, 3.63) is 66.7 Å². The quantitative estimate of drug-likeness (QED) is 0.847. The zero-order valence-electron chi connectivity index (χ0n) is 12.0. The van der Waals surface area contributed by atoms with Crippen molar-refractivity contribution in [1.29, 1.82) is 0 Å². The van der Waals surface area contributed by atoms with Crippen LogP contribution in [0.3, 0.4) is 0 Å². The first-order valence-electron chi connectivity index (χ1n) is 7.05. The van der Waals surface area contributed by atoms with Gasteiger partial charge in [0.1, 0.15) is 6.23 Å². The average molecular weight is 359 g/mol. The lowest BCUT2D eigenvalue weighted by molar-refractivity contribution is 0.0504. The number of halogens is 3. The summed E-state index contributed by atoms with van der Waals surface area (Å²) in [6, 6.07) is 4.82. The largest absolute Gasteiger partial charge is 0.358 e. The summed E-state index contributed by atoms with van der Waals surface area (Å²) in [5.74, 6) is -1.02. The standard InChI is InChI=1S/C15H13Cl2FN2O3/c16-10-3-1-4-11(17)9(10)7-20-14(21)12(18)8-19(15(20)22)13-5-2-6-23-13/h1,3-4,8,13H,2,5-7H2. The van der Waals surface area contributed by atoms with Gasteiger partial charge in [-0.05, 0) is 25.0 Å². The molecule has 0 saturated carbocycles. The lowest BCUT2D eigenvalue weighted by Crippen LogP contribution is -2.42. The van der Waals surface area contributed by atoms with Gasteiger partial charge in [-0.1, -0.05) is 29.3 Å². The summed E-state index contributed by atoms with van der Waals surface area (Å²) < 4.78 is 21.2. The van der Waals surface area contributed by atoms with E-state index in [0.29, 0.717) is 28.6 Å². The molecular weight excluding hydrogens is 346 g/mol. The number of nitrogens with zero attached hydrogens (tertiary/aromatic N) is 2. The topological polar surface area (TPSA) is 53.2 Å². The third kappa shape index (κ3) is 3.06. The van der Waals surface area contributed by atoms with Crippen LogP contribution in [0, 0.1) is 5.82 Å². The SMILES string of the molecule is O=c1c(F)cn(C2CCCO2)c(=O)n1Cc1c(Cl)cccc1Cl. The Balaban J connectivity index is 2.12. The zero-order valence-corrected chi connectivity index (χ0v) is 13.5. The van der Waals surface area contributed by atoms with E-state index in [2.05, 4.69) is 0 Å². The van der Waals surface area contributed by atoms with Gasteiger partial charge in [-0.3, -0.25) is 13.9 Å². The molecule has 2 heterocycles. The molecule has 0 amide bonds. The summed E-state index contributed by atoms with van der Waals surface area (Å²) in [7, 11) is 0. The Morgan fingerprint density at radius 2 is 1.96 bits per heavy atom. The van der Waals surface area contributed by atoms with Crippen LogP contribution in [0.15, 0.2) is 34.0 Å². The van der Waals surface area contributed by atoms with E-state index >= 15 is 0 Å². The number of aromatic nitrogens is 2. The van der Waals surface area contributed by atoms with E-state index in [0.717, 1.165) is 21.8 Å². The number of hydrogen-bond donors (Lipinski definition) is 0. The van der Waals surface area contributed by atoms with Crippen molar-refractivity contribution >= 4 is 23.2 Å². The third-order valence-corrected chi connectivity index (χ3v) is 4.46. The van der Waals surface area contributed by atoms with Crippen LogP contribution in [0.2, 0.25) is 10.0 Å². The highest BCUT2D eigenvalue weighted by molar-refractivity contribution is 6.35. The van der Waals surface area contributed by atoms with Gasteiger partial charge in [0, 0.05) is 22.2 Å². The van der Waals surface area contributed by atoms with E-state index in [1.807, 2.05) is 0 Å². The molecule has 1 unspecified atom stereocenters. The molecule has 0 radical (unpaired) electrons. The summed E-state index contributed by atoms with van der Waals surface area (Å²) in [5, 5.41) is 0.605. The molecule has 1 saturated heterocycles. The Hall–Kier alpha value is -1.63. The summed E-state index contributed by atoms with van der Waals surface area (Å²) >= 11 is 12.1. The van der Waals surface area contributed by atoms with E-state index < -0.39 is 23.3 Å². The van der Waals surface area contributed by atoms with Crippen LogP contribution < -0.4 is 11.2 Å². The van der Waals surface area contributed by atoms with Crippen LogP contribution in [0.5, 0.6) is 0 Å². The van der Waals surface area contributed by atoms with Gasteiger partial charge in [0.15, 0.2) is 0 Å². The molecule has 1 aromatic carbocycles. The molecule has 122 valence electrons. The third-order valence-electron chi connectivity index (χ3n) is 3.75. The minimum Gasteiger partial charge on any atom is -0.358 e. The molecule has 1 aromatic heterocycles. The van der Waals surface area contributed by atoms with Gasteiger partial charge in [-0.25, -0.2) is 4.79 Å². The summed E-state index contributed by atoms with van der Waals surface area (Å²) in [6.45, 7) is 0.287. The molecular formula is C15H13Cl2FN2O3. The molecule has 0 N–H and O–H groups in total. The molecule has 5 nitrogen and oxygen atoms in total. The van der Waals surface area contributed by atoms with Crippen molar-refractivity contribution in [3.63, 3.8) is 0 Å². The minimum absolute atomic E-state index is 0.208. The smallest absolute Gasteiger partial charge is 0.333 e. The van der Waals surface area contributed by atoms with E-state index in [9.17, 15) is 14.0 Å². The van der Waals surface area contributed by atoms with Crippen LogP contribution in [0.25, 0.3) is 0 Å². The maximum atomic E-state index is 14.0. The normalized spacial score (nSPS) is 17.6. The Kier molecular flexibility index (Phi) is 4.57. The molecule has 8 heteroatoms. The van der Waals surface area contributed by atoms with Crippen molar-refractivity contribution in [2.45, 2.75) is 25.6 Å². The molecule has 0 spiro atoms. The monoisotopic (exact) mass is 358 g/mol. The lowest BCUT2D eigenvalue weighted by Gasteiger charge is -2.16. The zero-order chi connectivity index (χ0) is 16.6. The predicted octanol–water partition coefficient (Wildman–Crippen LogP) is 2.81. The van der Waals surface area contributed by atoms with Crippen molar-refractivity contribution in [3.8, 4) is 0 Å². The Morgan fingerprint density at radius 1 is 1.26 bits per heavy atom. The fraction of sp³-hybridized carbons (Fsp3) is 0.333. The van der Waals surface area contributed by atoms with Crippen LogP contribution >= 0.6 is 23.2 Å². The number of rotatable bonds is 3. The molecule has 0 bridgehead atoms. The Bertz CT molecular complexity index is 837. The Labute approximate surface area is 140 Å². The van der Waals surface area contributed by atoms with Crippen LogP contribution in [-0.2, 0) is 11.3 Å². The van der Waals surface area contributed by atoms with Gasteiger partial charge in [-0.15, -0.1) is 0 Å². The molecule has 3 rings (SSSR count). The van der Waals surface area contributed by atoms with Gasteiger partial charge in [0.05, 0.1) is 12.7 Å². The van der Waals surface area contributed by atoms with Gasteiger partial charge >= 0.3 is 5.69 Å². The van der Waals surface area contributed by atoms with Crippen molar-refractivity contribution in [2.75, 3.05) is 6.61 Å². The average Bonchev–Trinajstić information content (AvgIpc) is 3.04. The van der Waals surface area contributed by atoms with Gasteiger partial charge in [0.25, 0.3) is 5.56 Å². The van der Waals surface area contributed by atoms with Crippen molar-refractivity contribution in [1.82, 2.24) is 9.13 Å². The first-order chi connectivity index (χ1) is 11.0.